The van der Waals surface area contributed by atoms with E-state index in [1.165, 1.54) is 21.2 Å². The molecule has 2 rings (SSSR count). The number of benzene rings is 1. The zero-order valence-corrected chi connectivity index (χ0v) is 11.8. The van der Waals surface area contributed by atoms with Crippen molar-refractivity contribution >= 4 is 15.9 Å². The number of nitrogens with zero attached hydrogens (tertiary/aromatic N) is 1. The molecule has 0 saturated carbocycles. The van der Waals surface area contributed by atoms with Gasteiger partial charge < -0.3 is 0 Å². The number of halogens is 1. The molecule has 0 aliphatic carbocycles. The van der Waals surface area contributed by atoms with Gasteiger partial charge in [-0.2, -0.15) is 0 Å². The lowest BCUT2D eigenvalue weighted by Crippen LogP contribution is -1.93. The van der Waals surface area contributed by atoms with Crippen LogP contribution in [0, 0.1) is 0 Å². The van der Waals surface area contributed by atoms with E-state index in [0.29, 0.717) is 0 Å². The molecule has 0 spiro atoms. The first-order valence-electron chi connectivity index (χ1n) is 5.99. The zero-order valence-electron chi connectivity index (χ0n) is 10.2. The van der Waals surface area contributed by atoms with Crippen molar-refractivity contribution < 1.29 is 0 Å². The first-order valence-corrected chi connectivity index (χ1v) is 6.78. The molecule has 0 aliphatic rings. The molecule has 17 heavy (non-hydrogen) atoms. The van der Waals surface area contributed by atoms with E-state index in [9.17, 15) is 0 Å². The molecular formula is C15H16BrN. The topological polar surface area (TPSA) is 12.9 Å². The Morgan fingerprint density at radius 2 is 1.71 bits per heavy atom. The van der Waals surface area contributed by atoms with Gasteiger partial charge in [-0.15, -0.1) is 0 Å². The van der Waals surface area contributed by atoms with Gasteiger partial charge in [0.1, 0.15) is 0 Å². The van der Waals surface area contributed by atoms with Crippen LogP contribution < -0.4 is 0 Å². The van der Waals surface area contributed by atoms with Gasteiger partial charge in [-0.1, -0.05) is 35.8 Å². The van der Waals surface area contributed by atoms with Gasteiger partial charge in [0.15, 0.2) is 0 Å². The van der Waals surface area contributed by atoms with Crippen LogP contribution in [0.2, 0.25) is 0 Å². The second kappa shape index (κ2) is 5.46. The Bertz CT molecular complexity index is 481. The molecule has 0 fully saturated rings. The van der Waals surface area contributed by atoms with Crippen LogP contribution in [-0.2, 0) is 12.8 Å². The number of hydrogen-bond acceptors (Lipinski definition) is 1. The predicted molar refractivity (Wildman–Crippen MR) is 76.1 cm³/mol. The van der Waals surface area contributed by atoms with E-state index < -0.39 is 0 Å². The van der Waals surface area contributed by atoms with Gasteiger partial charge in [-0.25, -0.2) is 0 Å². The van der Waals surface area contributed by atoms with E-state index in [1.54, 1.807) is 0 Å². The third-order valence-electron chi connectivity index (χ3n) is 2.95. The number of pyridine rings is 1. The maximum atomic E-state index is 4.41. The number of aromatic nitrogens is 1. The van der Waals surface area contributed by atoms with Crippen molar-refractivity contribution in [1.29, 1.82) is 0 Å². The Hall–Kier alpha value is -1.15. The third-order valence-corrected chi connectivity index (χ3v) is 3.96. The fraction of sp³-hybridized carbons (Fsp3) is 0.267. The molecule has 1 nitrogen and oxygen atoms in total. The van der Waals surface area contributed by atoms with Gasteiger partial charge in [-0.3, -0.25) is 4.98 Å². The third kappa shape index (κ3) is 2.58. The van der Waals surface area contributed by atoms with Crippen molar-refractivity contribution in [3.8, 4) is 11.3 Å². The molecule has 0 atom stereocenters. The summed E-state index contributed by atoms with van der Waals surface area (Å²) in [5, 5.41) is 0. The highest BCUT2D eigenvalue weighted by molar-refractivity contribution is 9.10. The SMILES string of the molecule is CCc1cc(-c2ccccn2)cc(CC)c1Br. The molecular weight excluding hydrogens is 274 g/mol. The van der Waals surface area contributed by atoms with Gasteiger partial charge in [0.05, 0.1) is 5.69 Å². The summed E-state index contributed by atoms with van der Waals surface area (Å²) >= 11 is 3.69. The maximum absolute atomic E-state index is 4.41. The molecule has 0 N–H and O–H groups in total. The minimum absolute atomic E-state index is 1.04. The molecule has 0 bridgehead atoms. The monoisotopic (exact) mass is 289 g/mol. The summed E-state index contributed by atoms with van der Waals surface area (Å²) in [4.78, 5) is 4.41. The molecule has 88 valence electrons. The van der Waals surface area contributed by atoms with E-state index >= 15 is 0 Å². The first kappa shape index (κ1) is 12.3. The van der Waals surface area contributed by atoms with E-state index in [-0.39, 0.29) is 0 Å². The summed E-state index contributed by atoms with van der Waals surface area (Å²) < 4.78 is 1.25. The zero-order chi connectivity index (χ0) is 12.3. The Morgan fingerprint density at radius 1 is 1.06 bits per heavy atom. The summed E-state index contributed by atoms with van der Waals surface area (Å²) in [6.07, 6.45) is 3.91. The quantitative estimate of drug-likeness (QED) is 0.802. The van der Waals surface area contributed by atoms with Crippen molar-refractivity contribution in [2.24, 2.45) is 0 Å². The summed E-state index contributed by atoms with van der Waals surface area (Å²) in [7, 11) is 0. The average Bonchev–Trinajstić information content (AvgIpc) is 2.40. The summed E-state index contributed by atoms with van der Waals surface area (Å²) in [6.45, 7) is 4.36. The summed E-state index contributed by atoms with van der Waals surface area (Å²) in [5.41, 5.74) is 4.96. The first-order chi connectivity index (χ1) is 8.26. The van der Waals surface area contributed by atoms with Gasteiger partial charge in [-0.05, 0) is 48.2 Å². The second-order valence-corrected chi connectivity index (χ2v) is 4.82. The fourth-order valence-electron chi connectivity index (χ4n) is 1.95. The van der Waals surface area contributed by atoms with Crippen LogP contribution >= 0.6 is 15.9 Å². The Labute approximate surface area is 111 Å². The number of hydrogen-bond donors (Lipinski definition) is 0. The largest absolute Gasteiger partial charge is 0.256 e. The van der Waals surface area contributed by atoms with Crippen molar-refractivity contribution in [2.75, 3.05) is 0 Å². The van der Waals surface area contributed by atoms with E-state index in [4.69, 9.17) is 0 Å². The summed E-state index contributed by atoms with van der Waals surface area (Å²) in [5.74, 6) is 0. The normalized spacial score (nSPS) is 10.5. The molecule has 0 unspecified atom stereocenters. The second-order valence-electron chi connectivity index (χ2n) is 4.03. The lowest BCUT2D eigenvalue weighted by molar-refractivity contribution is 1.07. The molecule has 0 aliphatic heterocycles. The van der Waals surface area contributed by atoms with E-state index in [0.717, 1.165) is 18.5 Å². The Balaban J connectivity index is 2.56. The van der Waals surface area contributed by atoms with Crippen LogP contribution in [0.1, 0.15) is 25.0 Å². The van der Waals surface area contributed by atoms with E-state index in [2.05, 4.69) is 53.0 Å². The van der Waals surface area contributed by atoms with Crippen LogP contribution in [0.5, 0.6) is 0 Å². The van der Waals surface area contributed by atoms with Gasteiger partial charge in [0.25, 0.3) is 0 Å². The van der Waals surface area contributed by atoms with Gasteiger partial charge in [0.2, 0.25) is 0 Å². The highest BCUT2D eigenvalue weighted by Crippen LogP contribution is 2.29. The summed E-state index contributed by atoms with van der Waals surface area (Å²) in [6, 6.07) is 10.5. The Morgan fingerprint density at radius 3 is 2.18 bits per heavy atom. The van der Waals surface area contributed by atoms with Crippen molar-refractivity contribution in [3.63, 3.8) is 0 Å². The Kier molecular flexibility index (Phi) is 3.95. The molecule has 0 radical (unpaired) electrons. The highest BCUT2D eigenvalue weighted by atomic mass is 79.9. The average molecular weight is 290 g/mol. The molecule has 0 amide bonds. The molecule has 1 heterocycles. The maximum Gasteiger partial charge on any atom is 0.0702 e. The van der Waals surface area contributed by atoms with Crippen LogP contribution in [0.4, 0.5) is 0 Å². The minimum Gasteiger partial charge on any atom is -0.256 e. The molecule has 2 heteroatoms. The minimum atomic E-state index is 1.04. The number of aryl methyl sites for hydroxylation is 2. The standard InChI is InChI=1S/C15H16BrN/c1-3-11-9-13(10-12(4-2)15(11)16)14-7-5-6-8-17-14/h5-10H,3-4H2,1-2H3. The van der Waals surface area contributed by atoms with Crippen molar-refractivity contribution in [3.05, 3.63) is 52.1 Å². The lowest BCUT2D eigenvalue weighted by atomic mass is 10.0. The highest BCUT2D eigenvalue weighted by Gasteiger charge is 2.08. The predicted octanol–water partition coefficient (Wildman–Crippen LogP) is 4.64. The van der Waals surface area contributed by atoms with Gasteiger partial charge >= 0.3 is 0 Å². The molecule has 1 aromatic heterocycles. The van der Waals surface area contributed by atoms with E-state index in [1.807, 2.05) is 18.3 Å². The lowest BCUT2D eigenvalue weighted by Gasteiger charge is -2.11. The van der Waals surface area contributed by atoms with Crippen LogP contribution in [0.3, 0.4) is 0 Å². The van der Waals surface area contributed by atoms with Crippen molar-refractivity contribution in [2.45, 2.75) is 26.7 Å². The van der Waals surface area contributed by atoms with Crippen LogP contribution in [0.15, 0.2) is 41.0 Å². The smallest absolute Gasteiger partial charge is 0.0702 e. The molecule has 0 saturated heterocycles. The molecule has 2 aromatic rings. The fourth-order valence-corrected chi connectivity index (χ4v) is 2.74. The van der Waals surface area contributed by atoms with Gasteiger partial charge in [0, 0.05) is 16.2 Å². The van der Waals surface area contributed by atoms with Crippen LogP contribution in [0.25, 0.3) is 11.3 Å². The van der Waals surface area contributed by atoms with Crippen molar-refractivity contribution in [1.82, 2.24) is 4.98 Å². The van der Waals surface area contributed by atoms with Crippen LogP contribution in [-0.4, -0.2) is 4.98 Å². The molecule has 1 aromatic carbocycles. The number of rotatable bonds is 3.